The summed E-state index contributed by atoms with van der Waals surface area (Å²) in [5.41, 5.74) is 3.61. The second-order valence-corrected chi connectivity index (χ2v) is 5.12. The Morgan fingerprint density at radius 3 is 2.52 bits per heavy atom. The van der Waals surface area contributed by atoms with Crippen molar-refractivity contribution in [2.45, 2.75) is 13.5 Å². The SMILES string of the molecule is C#CCn1ccc2cc(C(=O)c3ccc(C)cc3)ccc21. The van der Waals surface area contributed by atoms with Gasteiger partial charge < -0.3 is 4.57 Å². The molecule has 1 heterocycles. The monoisotopic (exact) mass is 273 g/mol. The Hall–Kier alpha value is -2.79. The molecule has 0 N–H and O–H groups in total. The van der Waals surface area contributed by atoms with E-state index in [0.29, 0.717) is 17.7 Å². The number of hydrogen-bond donors (Lipinski definition) is 0. The van der Waals surface area contributed by atoms with E-state index >= 15 is 0 Å². The molecule has 102 valence electrons. The number of hydrogen-bond acceptors (Lipinski definition) is 1. The van der Waals surface area contributed by atoms with E-state index in [0.717, 1.165) is 16.5 Å². The van der Waals surface area contributed by atoms with Gasteiger partial charge in [0.1, 0.15) is 0 Å². The summed E-state index contributed by atoms with van der Waals surface area (Å²) in [6, 6.07) is 15.4. The smallest absolute Gasteiger partial charge is 0.193 e. The van der Waals surface area contributed by atoms with Crippen molar-refractivity contribution in [3.63, 3.8) is 0 Å². The topological polar surface area (TPSA) is 22.0 Å². The number of rotatable bonds is 3. The molecule has 0 spiro atoms. The van der Waals surface area contributed by atoms with Crippen molar-refractivity contribution in [3.8, 4) is 12.3 Å². The van der Waals surface area contributed by atoms with E-state index in [1.165, 1.54) is 0 Å². The Balaban J connectivity index is 1.99. The van der Waals surface area contributed by atoms with Crippen LogP contribution in [0.5, 0.6) is 0 Å². The van der Waals surface area contributed by atoms with E-state index in [2.05, 4.69) is 5.92 Å². The summed E-state index contributed by atoms with van der Waals surface area (Å²) in [4.78, 5) is 12.5. The molecule has 0 atom stereocenters. The molecule has 0 saturated heterocycles. The van der Waals surface area contributed by atoms with Gasteiger partial charge in [-0.25, -0.2) is 0 Å². The summed E-state index contributed by atoms with van der Waals surface area (Å²) in [5.74, 6) is 2.67. The van der Waals surface area contributed by atoms with Crippen LogP contribution >= 0.6 is 0 Å². The molecule has 2 heteroatoms. The number of nitrogens with zero attached hydrogens (tertiary/aromatic N) is 1. The molecule has 0 radical (unpaired) electrons. The van der Waals surface area contributed by atoms with Crippen LogP contribution in [0.15, 0.2) is 54.7 Å². The van der Waals surface area contributed by atoms with Gasteiger partial charge in [-0.1, -0.05) is 35.7 Å². The van der Waals surface area contributed by atoms with Gasteiger partial charge in [-0.2, -0.15) is 0 Å². The molecule has 2 aromatic carbocycles. The van der Waals surface area contributed by atoms with Crippen molar-refractivity contribution >= 4 is 16.7 Å². The lowest BCUT2D eigenvalue weighted by molar-refractivity contribution is 0.103. The number of terminal acetylenes is 1. The van der Waals surface area contributed by atoms with Crippen LogP contribution in [0.25, 0.3) is 10.9 Å². The lowest BCUT2D eigenvalue weighted by atomic mass is 10.0. The number of aryl methyl sites for hydroxylation is 1. The number of benzene rings is 2. The van der Waals surface area contributed by atoms with E-state index in [1.807, 2.05) is 66.2 Å². The molecule has 0 fully saturated rings. The number of carbonyl (C=O) groups is 1. The summed E-state index contributed by atoms with van der Waals surface area (Å²) < 4.78 is 2.00. The Bertz CT molecular complexity index is 847. The van der Waals surface area contributed by atoms with Crippen molar-refractivity contribution in [1.29, 1.82) is 0 Å². The first-order valence-corrected chi connectivity index (χ1v) is 6.83. The molecule has 3 aromatic rings. The third kappa shape index (κ3) is 2.46. The second kappa shape index (κ2) is 5.30. The molecule has 1 aromatic heterocycles. The van der Waals surface area contributed by atoms with E-state index in [9.17, 15) is 4.79 Å². The standard InChI is InChI=1S/C19H15NO/c1-3-11-20-12-10-16-13-17(8-9-18(16)20)19(21)15-6-4-14(2)5-7-15/h1,4-10,12-13H,11H2,2H3. The van der Waals surface area contributed by atoms with Gasteiger partial charge in [0.05, 0.1) is 6.54 Å². The zero-order valence-corrected chi connectivity index (χ0v) is 11.8. The molecule has 0 aliphatic carbocycles. The number of ketones is 1. The zero-order chi connectivity index (χ0) is 14.8. The molecule has 2 nitrogen and oxygen atoms in total. The fourth-order valence-electron chi connectivity index (χ4n) is 2.45. The van der Waals surface area contributed by atoms with E-state index in [1.54, 1.807) is 0 Å². The molecule has 21 heavy (non-hydrogen) atoms. The maximum Gasteiger partial charge on any atom is 0.193 e. The van der Waals surface area contributed by atoms with Gasteiger partial charge in [0.25, 0.3) is 0 Å². The Kier molecular flexibility index (Phi) is 3.33. The van der Waals surface area contributed by atoms with Crippen molar-refractivity contribution < 1.29 is 4.79 Å². The largest absolute Gasteiger partial charge is 0.336 e. The highest BCUT2D eigenvalue weighted by Crippen LogP contribution is 2.20. The van der Waals surface area contributed by atoms with Gasteiger partial charge in [-0.3, -0.25) is 4.79 Å². The van der Waals surface area contributed by atoms with E-state index < -0.39 is 0 Å². The van der Waals surface area contributed by atoms with Crippen molar-refractivity contribution in [3.05, 3.63) is 71.4 Å². The Morgan fingerprint density at radius 2 is 1.81 bits per heavy atom. The average molecular weight is 273 g/mol. The van der Waals surface area contributed by atoms with E-state index in [-0.39, 0.29) is 5.78 Å². The number of carbonyl (C=O) groups excluding carboxylic acids is 1. The number of fused-ring (bicyclic) bond motifs is 1. The summed E-state index contributed by atoms with van der Waals surface area (Å²) in [6.07, 6.45) is 7.30. The van der Waals surface area contributed by atoms with Crippen LogP contribution < -0.4 is 0 Å². The van der Waals surface area contributed by atoms with Gasteiger partial charge in [-0.15, -0.1) is 6.42 Å². The van der Waals surface area contributed by atoms with Crippen LogP contribution in [0.2, 0.25) is 0 Å². The molecule has 0 aliphatic rings. The minimum absolute atomic E-state index is 0.0431. The first kappa shape index (κ1) is 13.2. The quantitative estimate of drug-likeness (QED) is 0.525. The number of aromatic nitrogens is 1. The summed E-state index contributed by atoms with van der Waals surface area (Å²) in [6.45, 7) is 2.54. The fourth-order valence-corrected chi connectivity index (χ4v) is 2.45. The third-order valence-corrected chi connectivity index (χ3v) is 3.61. The van der Waals surface area contributed by atoms with Crippen LogP contribution in [0, 0.1) is 19.3 Å². The van der Waals surface area contributed by atoms with Gasteiger partial charge >= 0.3 is 0 Å². The molecular formula is C19H15NO. The average Bonchev–Trinajstić information content (AvgIpc) is 2.90. The van der Waals surface area contributed by atoms with Crippen LogP contribution in [-0.2, 0) is 6.54 Å². The molecule has 0 bridgehead atoms. The molecule has 0 unspecified atom stereocenters. The van der Waals surface area contributed by atoms with Gasteiger partial charge in [0.2, 0.25) is 0 Å². The predicted octanol–water partition coefficient (Wildman–Crippen LogP) is 3.81. The molecule has 0 saturated carbocycles. The third-order valence-electron chi connectivity index (χ3n) is 3.61. The first-order chi connectivity index (χ1) is 10.2. The van der Waals surface area contributed by atoms with Crippen molar-refractivity contribution in [2.75, 3.05) is 0 Å². The lowest BCUT2D eigenvalue weighted by Crippen LogP contribution is -2.01. The van der Waals surface area contributed by atoms with Gasteiger partial charge in [0.15, 0.2) is 5.78 Å². The highest BCUT2D eigenvalue weighted by Gasteiger charge is 2.10. The second-order valence-electron chi connectivity index (χ2n) is 5.12. The predicted molar refractivity (Wildman–Crippen MR) is 85.4 cm³/mol. The molecule has 0 aliphatic heterocycles. The van der Waals surface area contributed by atoms with Gasteiger partial charge in [-0.05, 0) is 31.2 Å². The van der Waals surface area contributed by atoms with Crippen molar-refractivity contribution in [1.82, 2.24) is 4.57 Å². The van der Waals surface area contributed by atoms with Gasteiger partial charge in [0, 0.05) is 28.2 Å². The molecule has 3 rings (SSSR count). The van der Waals surface area contributed by atoms with Crippen LogP contribution in [0.1, 0.15) is 21.5 Å². The molecule has 0 amide bonds. The van der Waals surface area contributed by atoms with Crippen LogP contribution in [0.4, 0.5) is 0 Å². The highest BCUT2D eigenvalue weighted by molar-refractivity contribution is 6.10. The Morgan fingerprint density at radius 1 is 1.10 bits per heavy atom. The summed E-state index contributed by atoms with van der Waals surface area (Å²) in [7, 11) is 0. The van der Waals surface area contributed by atoms with E-state index in [4.69, 9.17) is 6.42 Å². The summed E-state index contributed by atoms with van der Waals surface area (Å²) in [5, 5.41) is 1.03. The fraction of sp³-hybridized carbons (Fsp3) is 0.105. The Labute approximate surface area is 124 Å². The van der Waals surface area contributed by atoms with Crippen LogP contribution in [-0.4, -0.2) is 10.4 Å². The molecular weight excluding hydrogens is 258 g/mol. The highest BCUT2D eigenvalue weighted by atomic mass is 16.1. The first-order valence-electron chi connectivity index (χ1n) is 6.83. The maximum absolute atomic E-state index is 12.5. The zero-order valence-electron chi connectivity index (χ0n) is 11.8. The lowest BCUT2D eigenvalue weighted by Gasteiger charge is -2.04. The minimum Gasteiger partial charge on any atom is -0.336 e. The van der Waals surface area contributed by atoms with Crippen molar-refractivity contribution in [2.24, 2.45) is 0 Å². The summed E-state index contributed by atoms with van der Waals surface area (Å²) >= 11 is 0. The minimum atomic E-state index is 0.0431. The normalized spacial score (nSPS) is 10.5. The van der Waals surface area contributed by atoms with Crippen LogP contribution in [0.3, 0.4) is 0 Å². The maximum atomic E-state index is 12.5.